The van der Waals surface area contributed by atoms with Crippen LogP contribution in [-0.2, 0) is 9.09 Å². The van der Waals surface area contributed by atoms with E-state index < -0.39 is 7.37 Å². The molecule has 0 aliphatic heterocycles. The molecule has 0 amide bonds. The zero-order valence-electron chi connectivity index (χ0n) is 7.38. The van der Waals surface area contributed by atoms with Gasteiger partial charge in [-0.1, -0.05) is 19.3 Å². The first-order valence-corrected chi connectivity index (χ1v) is 6.83. The first kappa shape index (κ1) is 9.28. The molecule has 0 aromatic heterocycles. The maximum Gasteiger partial charge on any atom is 0.197 e. The standard InChI is InChI=1S/C8H17O2P/c1-11(2,9)10-8-6-4-3-5-7-8/h8H,3-7H2,1-2H3. The lowest BCUT2D eigenvalue weighted by Crippen LogP contribution is -2.14. The summed E-state index contributed by atoms with van der Waals surface area (Å²) < 4.78 is 16.7. The molecule has 0 radical (unpaired) electrons. The normalized spacial score (nSPS) is 22.0. The third-order valence-corrected chi connectivity index (χ3v) is 2.76. The van der Waals surface area contributed by atoms with Crippen molar-refractivity contribution >= 4 is 7.37 Å². The topological polar surface area (TPSA) is 26.3 Å². The van der Waals surface area contributed by atoms with Crippen LogP contribution >= 0.6 is 7.37 Å². The van der Waals surface area contributed by atoms with Crippen molar-refractivity contribution in [3.05, 3.63) is 0 Å². The van der Waals surface area contributed by atoms with Crippen LogP contribution < -0.4 is 0 Å². The highest BCUT2D eigenvalue weighted by atomic mass is 31.2. The van der Waals surface area contributed by atoms with E-state index in [0.29, 0.717) is 0 Å². The summed E-state index contributed by atoms with van der Waals surface area (Å²) in [6, 6.07) is 0. The molecule has 0 saturated heterocycles. The lowest BCUT2D eigenvalue weighted by atomic mass is 9.98. The maximum absolute atomic E-state index is 11.3. The van der Waals surface area contributed by atoms with Crippen molar-refractivity contribution in [1.29, 1.82) is 0 Å². The third-order valence-electron chi connectivity index (χ3n) is 1.96. The molecule has 1 rings (SSSR count). The van der Waals surface area contributed by atoms with Crippen molar-refractivity contribution in [1.82, 2.24) is 0 Å². The van der Waals surface area contributed by atoms with E-state index >= 15 is 0 Å². The summed E-state index contributed by atoms with van der Waals surface area (Å²) in [5.74, 6) is 0. The zero-order valence-corrected chi connectivity index (χ0v) is 8.27. The van der Waals surface area contributed by atoms with Gasteiger partial charge in [-0.15, -0.1) is 0 Å². The summed E-state index contributed by atoms with van der Waals surface area (Å²) in [7, 11) is -2.23. The third kappa shape index (κ3) is 3.93. The van der Waals surface area contributed by atoms with Gasteiger partial charge in [0, 0.05) is 13.3 Å². The number of rotatable bonds is 2. The van der Waals surface area contributed by atoms with Gasteiger partial charge in [0.2, 0.25) is 0 Å². The van der Waals surface area contributed by atoms with Crippen molar-refractivity contribution in [2.75, 3.05) is 13.3 Å². The highest BCUT2D eigenvalue weighted by Crippen LogP contribution is 2.41. The predicted octanol–water partition coefficient (Wildman–Crippen LogP) is 2.87. The summed E-state index contributed by atoms with van der Waals surface area (Å²) in [5.41, 5.74) is 0. The Morgan fingerprint density at radius 2 is 1.73 bits per heavy atom. The van der Waals surface area contributed by atoms with Gasteiger partial charge in [-0.3, -0.25) is 4.57 Å². The SMILES string of the molecule is CP(C)(=O)OC1CCCCC1. The van der Waals surface area contributed by atoms with E-state index in [9.17, 15) is 4.57 Å². The van der Waals surface area contributed by atoms with Gasteiger partial charge < -0.3 is 4.52 Å². The highest BCUT2D eigenvalue weighted by Gasteiger charge is 2.19. The first-order chi connectivity index (χ1) is 5.08. The van der Waals surface area contributed by atoms with Crippen molar-refractivity contribution in [3.8, 4) is 0 Å². The quantitative estimate of drug-likeness (QED) is 0.605. The molecule has 11 heavy (non-hydrogen) atoms. The summed E-state index contributed by atoms with van der Waals surface area (Å²) in [6.45, 7) is 3.39. The van der Waals surface area contributed by atoms with Gasteiger partial charge in [-0.05, 0) is 12.8 Å². The van der Waals surface area contributed by atoms with E-state index in [2.05, 4.69) is 0 Å². The molecule has 2 nitrogen and oxygen atoms in total. The van der Waals surface area contributed by atoms with Gasteiger partial charge >= 0.3 is 0 Å². The molecule has 1 aliphatic rings. The van der Waals surface area contributed by atoms with E-state index in [1.54, 1.807) is 13.3 Å². The fourth-order valence-electron chi connectivity index (χ4n) is 1.53. The average molecular weight is 176 g/mol. The fraction of sp³-hybridized carbons (Fsp3) is 1.00. The minimum absolute atomic E-state index is 0.282. The van der Waals surface area contributed by atoms with E-state index in [-0.39, 0.29) is 6.10 Å². The Balaban J connectivity index is 2.30. The van der Waals surface area contributed by atoms with Crippen LogP contribution in [0, 0.1) is 0 Å². The van der Waals surface area contributed by atoms with Gasteiger partial charge in [0.1, 0.15) is 0 Å². The lowest BCUT2D eigenvalue weighted by Gasteiger charge is -2.23. The second-order valence-corrected chi connectivity index (χ2v) is 6.33. The van der Waals surface area contributed by atoms with Crippen LogP contribution in [0.15, 0.2) is 0 Å². The molecule has 0 heterocycles. The van der Waals surface area contributed by atoms with Gasteiger partial charge in [-0.2, -0.15) is 0 Å². The molecule has 66 valence electrons. The monoisotopic (exact) mass is 176 g/mol. The minimum atomic E-state index is -2.23. The van der Waals surface area contributed by atoms with Crippen LogP contribution in [0.25, 0.3) is 0 Å². The summed E-state index contributed by atoms with van der Waals surface area (Å²) in [6.07, 6.45) is 6.29. The van der Waals surface area contributed by atoms with Crippen LogP contribution in [0.1, 0.15) is 32.1 Å². The molecule has 0 spiro atoms. The van der Waals surface area contributed by atoms with Crippen LogP contribution in [0.3, 0.4) is 0 Å². The smallest absolute Gasteiger partial charge is 0.197 e. The summed E-state index contributed by atoms with van der Waals surface area (Å²) >= 11 is 0. The Morgan fingerprint density at radius 3 is 2.18 bits per heavy atom. The molecule has 1 aliphatic carbocycles. The molecule has 0 aromatic rings. The van der Waals surface area contributed by atoms with E-state index in [1.807, 2.05) is 0 Å². The Hall–Kier alpha value is 0.190. The Kier molecular flexibility index (Phi) is 3.15. The van der Waals surface area contributed by atoms with Gasteiger partial charge in [-0.25, -0.2) is 0 Å². The van der Waals surface area contributed by atoms with E-state index in [4.69, 9.17) is 4.52 Å². The van der Waals surface area contributed by atoms with Crippen LogP contribution in [0.4, 0.5) is 0 Å². The predicted molar refractivity (Wildman–Crippen MR) is 47.4 cm³/mol. The Labute approximate surface area is 68.8 Å². The molecule has 0 unspecified atom stereocenters. The molecule has 0 aromatic carbocycles. The maximum atomic E-state index is 11.3. The summed E-state index contributed by atoms with van der Waals surface area (Å²) in [4.78, 5) is 0. The van der Waals surface area contributed by atoms with E-state index in [0.717, 1.165) is 12.8 Å². The second-order valence-electron chi connectivity index (χ2n) is 3.62. The molecule has 0 bridgehead atoms. The Bertz CT molecular complexity index is 155. The fourth-order valence-corrected chi connectivity index (χ4v) is 2.46. The number of hydrogen-bond acceptors (Lipinski definition) is 2. The van der Waals surface area contributed by atoms with Crippen LogP contribution in [0.2, 0.25) is 0 Å². The van der Waals surface area contributed by atoms with Crippen LogP contribution in [-0.4, -0.2) is 19.4 Å². The Morgan fingerprint density at radius 1 is 1.18 bits per heavy atom. The van der Waals surface area contributed by atoms with Crippen molar-refractivity contribution in [3.63, 3.8) is 0 Å². The largest absolute Gasteiger partial charge is 0.325 e. The van der Waals surface area contributed by atoms with Crippen LogP contribution in [0.5, 0.6) is 0 Å². The molecular weight excluding hydrogens is 159 g/mol. The molecule has 1 saturated carbocycles. The molecule has 0 N–H and O–H groups in total. The van der Waals surface area contributed by atoms with E-state index in [1.165, 1.54) is 19.3 Å². The first-order valence-electron chi connectivity index (χ1n) is 4.31. The van der Waals surface area contributed by atoms with Gasteiger partial charge in [0.05, 0.1) is 6.10 Å². The molecule has 0 atom stereocenters. The zero-order chi connectivity index (χ0) is 8.32. The molecular formula is C8H17O2P. The molecule has 3 heteroatoms. The van der Waals surface area contributed by atoms with Gasteiger partial charge in [0.25, 0.3) is 0 Å². The van der Waals surface area contributed by atoms with Crippen molar-refractivity contribution in [2.24, 2.45) is 0 Å². The minimum Gasteiger partial charge on any atom is -0.325 e. The van der Waals surface area contributed by atoms with Crippen molar-refractivity contribution < 1.29 is 9.09 Å². The second kappa shape index (κ2) is 3.73. The lowest BCUT2D eigenvalue weighted by molar-refractivity contribution is 0.161. The highest BCUT2D eigenvalue weighted by molar-refractivity contribution is 7.57. The molecule has 1 fully saturated rings. The van der Waals surface area contributed by atoms with Crippen molar-refractivity contribution in [2.45, 2.75) is 38.2 Å². The van der Waals surface area contributed by atoms with Gasteiger partial charge in [0.15, 0.2) is 7.37 Å². The summed E-state index contributed by atoms with van der Waals surface area (Å²) in [5, 5.41) is 0. The number of hydrogen-bond donors (Lipinski definition) is 0. The average Bonchev–Trinajstić information content (AvgIpc) is 1.85.